The molecular weight excluding hydrogens is 1750 g/mol. The van der Waals surface area contributed by atoms with Crippen molar-refractivity contribution in [2.45, 2.75) is 317 Å². The first-order chi connectivity index (χ1) is 62.5. The van der Waals surface area contributed by atoms with Crippen LogP contribution in [0.1, 0.15) is 308 Å². The van der Waals surface area contributed by atoms with Crippen molar-refractivity contribution in [2.24, 2.45) is 0 Å². The van der Waals surface area contributed by atoms with E-state index in [2.05, 4.69) is 362 Å². The summed E-state index contributed by atoms with van der Waals surface area (Å²) in [5, 5.41) is 0. The predicted molar refractivity (Wildman–Crippen MR) is 583 cm³/mol. The minimum Gasteiger partial charge on any atom is -0.496 e. The van der Waals surface area contributed by atoms with E-state index in [1.807, 2.05) is 152 Å². The van der Waals surface area contributed by atoms with Crippen LogP contribution in [0.15, 0.2) is 296 Å². The van der Waals surface area contributed by atoms with E-state index < -0.39 is 0 Å². The second-order valence-electron chi connectivity index (χ2n) is 45.8. The van der Waals surface area contributed by atoms with Gasteiger partial charge in [-0.2, -0.15) is 0 Å². The van der Waals surface area contributed by atoms with Crippen LogP contribution in [0.4, 0.5) is 17.6 Å². The zero-order valence-electron chi connectivity index (χ0n) is 90.2. The lowest BCUT2D eigenvalue weighted by Gasteiger charge is -2.22. The van der Waals surface area contributed by atoms with Crippen molar-refractivity contribution < 1.29 is 36.5 Å². The third-order valence-corrected chi connectivity index (χ3v) is 22.9. The van der Waals surface area contributed by atoms with E-state index >= 15 is 0 Å². The molecule has 0 aromatic heterocycles. The maximum Gasteiger partial charge on any atom is 0.127 e. The first-order valence-corrected chi connectivity index (χ1v) is 48.4. The molecule has 0 aliphatic carbocycles. The summed E-state index contributed by atoms with van der Waals surface area (Å²) < 4.78 is 76.5. The summed E-state index contributed by atoms with van der Waals surface area (Å²) in [5.74, 6) is 5.41. The van der Waals surface area contributed by atoms with Gasteiger partial charge in [0.05, 0.1) is 7.11 Å². The molecule has 0 radical (unpaired) electrons. The molecule has 0 saturated heterocycles. The number of hydrogen-bond donors (Lipinski definition) is 0. The molecule has 9 heteroatoms. The molecule has 0 aliphatic rings. The number of benzene rings is 13. The van der Waals surface area contributed by atoms with Gasteiger partial charge in [0.15, 0.2) is 0 Å². The van der Waals surface area contributed by atoms with E-state index in [0.717, 1.165) is 61.2 Å². The van der Waals surface area contributed by atoms with Gasteiger partial charge in [-0.3, -0.25) is 0 Å². The summed E-state index contributed by atoms with van der Waals surface area (Å²) in [4.78, 5) is 0. The molecule has 0 saturated carbocycles. The number of ether oxygens (including phenoxy) is 4. The third-order valence-electron chi connectivity index (χ3n) is 22.3. The molecule has 0 N–H and O–H groups in total. The molecule has 0 spiro atoms. The zero-order valence-corrected chi connectivity index (χ0v) is 91.8. The lowest BCUT2D eigenvalue weighted by molar-refractivity contribution is 0.397. The van der Waals surface area contributed by atoms with E-state index in [-0.39, 0.29) is 77.4 Å². The van der Waals surface area contributed by atoms with Gasteiger partial charge in [-0.15, -0.1) is 0 Å². The van der Waals surface area contributed by atoms with Crippen LogP contribution in [-0.4, -0.2) is 7.11 Å². The van der Waals surface area contributed by atoms with Crippen molar-refractivity contribution >= 4 is 15.9 Å². The van der Waals surface area contributed by atoms with E-state index in [0.29, 0.717) is 16.9 Å². The van der Waals surface area contributed by atoms with Gasteiger partial charge in [-0.1, -0.05) is 416 Å². The van der Waals surface area contributed by atoms with Crippen LogP contribution in [-0.2, 0) is 54.1 Å². The Balaban J connectivity index is 0.000000318. The van der Waals surface area contributed by atoms with Crippen LogP contribution < -0.4 is 18.9 Å². The summed E-state index contributed by atoms with van der Waals surface area (Å²) in [7, 11) is 1.73. The van der Waals surface area contributed by atoms with E-state index in [4.69, 9.17) is 18.9 Å². The average Bonchev–Trinajstić information content (AvgIpc) is 0.816. The first kappa shape index (κ1) is 118. The topological polar surface area (TPSA) is 36.9 Å². The molecule has 13 rings (SSSR count). The molecule has 0 unspecified atom stereocenters. The van der Waals surface area contributed by atoms with Gasteiger partial charge in [0.25, 0.3) is 0 Å². The van der Waals surface area contributed by atoms with E-state index in [9.17, 15) is 17.6 Å². The highest BCUT2D eigenvalue weighted by Gasteiger charge is 2.23. The molecule has 136 heavy (non-hydrogen) atoms. The molecule has 0 fully saturated rings. The van der Waals surface area contributed by atoms with Crippen molar-refractivity contribution in [3.8, 4) is 40.2 Å². The zero-order chi connectivity index (χ0) is 103. The fourth-order valence-corrected chi connectivity index (χ4v) is 13.6. The Labute approximate surface area is 830 Å². The van der Waals surface area contributed by atoms with E-state index in [1.165, 1.54) is 78.9 Å². The number of rotatable bonds is 7. The van der Waals surface area contributed by atoms with Gasteiger partial charge in [-0.05, 0) is 308 Å². The second kappa shape index (κ2) is 51.6. The Morgan fingerprint density at radius 3 is 0.824 bits per heavy atom. The van der Waals surface area contributed by atoms with Crippen molar-refractivity contribution in [3.05, 3.63) is 419 Å². The smallest absolute Gasteiger partial charge is 0.127 e. The van der Waals surface area contributed by atoms with Gasteiger partial charge in [0, 0.05) is 4.47 Å². The van der Waals surface area contributed by atoms with Crippen molar-refractivity contribution in [1.29, 1.82) is 0 Å². The lowest BCUT2D eigenvalue weighted by Crippen LogP contribution is -2.13. The molecule has 0 bridgehead atoms. The monoisotopic (exact) mass is 1910 g/mol. The normalized spacial score (nSPS) is 11.5. The standard InChI is InChI=1S/C17H19FO.2C17H20O.C12H18O.2C11H15F.2C11H16.C10H13Br.C10H13F/c1-12-11-15(9-10-16(12)18)19-14-7-5-13(6-8-14)17(2,3)4;1-13-5-9-15(10-6-13)18-16-11-7-14(8-12-16)17(2,3)4;1-13-6-5-7-16(12-13)18-15-10-8-14(9-11-15)17(2,3)4;1-9-6-7-10(12(2,3)4)11(8-9)13-5;1-8-5-6-9(7-10(8)12)11(2,3)4;1-8-5-6-9(10(12)7-8)11(2,3)4;1-9-5-7-10(8-6-9)11(2,3)4;1-9-6-5-7-10(8-9)11(2,3)4;1-10(2,3)8-4-6-9(11)7-5-8;1-10(2,3)8-6-4-5-7-9(8)11/h5-11H,1-4H3;2*5-12H,1-4H3;6-8H,1-5H3;2*5-7H,1-4H3;2*5-8H,1-4H3;2*4-7H,1-3H3. The summed E-state index contributed by atoms with van der Waals surface area (Å²) in [6, 6.07) is 95.6. The molecule has 13 aromatic carbocycles. The summed E-state index contributed by atoms with van der Waals surface area (Å²) in [6.45, 7) is 80.6. The molecule has 0 aliphatic heterocycles. The molecule has 0 amide bonds. The summed E-state index contributed by atoms with van der Waals surface area (Å²) in [5.41, 5.74) is 21.9. The number of aryl methyl sites for hydroxylation is 8. The van der Waals surface area contributed by atoms with E-state index in [1.54, 1.807) is 51.3 Å². The molecular formula is C127H165BrF4O4. The number of hydrogen-bond acceptors (Lipinski definition) is 4. The molecule has 732 valence electrons. The Hall–Kier alpha value is -10.7. The Morgan fingerprint density at radius 1 is 0.191 bits per heavy atom. The first-order valence-electron chi connectivity index (χ1n) is 47.6. The van der Waals surface area contributed by atoms with Gasteiger partial charge < -0.3 is 18.9 Å². The van der Waals surface area contributed by atoms with Gasteiger partial charge in [0.2, 0.25) is 0 Å². The highest BCUT2D eigenvalue weighted by atomic mass is 79.9. The summed E-state index contributed by atoms with van der Waals surface area (Å²) in [6.07, 6.45) is 0. The predicted octanol–water partition coefficient (Wildman–Crippen LogP) is 39.0. The maximum atomic E-state index is 13.3. The van der Waals surface area contributed by atoms with Crippen LogP contribution in [0.25, 0.3) is 0 Å². The van der Waals surface area contributed by atoms with Gasteiger partial charge in [0.1, 0.15) is 63.5 Å². The summed E-state index contributed by atoms with van der Waals surface area (Å²) >= 11 is 3.41. The largest absolute Gasteiger partial charge is 0.496 e. The lowest BCUT2D eigenvalue weighted by atomic mass is 9.86. The molecule has 4 nitrogen and oxygen atoms in total. The maximum absolute atomic E-state index is 13.3. The van der Waals surface area contributed by atoms with Crippen LogP contribution in [0.2, 0.25) is 0 Å². The Morgan fingerprint density at radius 2 is 0.485 bits per heavy atom. The van der Waals surface area contributed by atoms with Crippen LogP contribution in [0.3, 0.4) is 0 Å². The van der Waals surface area contributed by atoms with Crippen LogP contribution >= 0.6 is 15.9 Å². The van der Waals surface area contributed by atoms with Crippen molar-refractivity contribution in [2.75, 3.05) is 7.11 Å². The fourth-order valence-electron chi connectivity index (χ4n) is 13.3. The molecule has 0 heterocycles. The minimum absolute atomic E-state index is 0.0362. The minimum atomic E-state index is -0.213. The highest BCUT2D eigenvalue weighted by molar-refractivity contribution is 9.10. The number of methoxy groups -OCH3 is 1. The SMILES string of the molecule is CC(C)(C)c1ccc(Br)cc1.CC(C)(C)c1ccccc1F.COc1cc(C)ccc1C(C)(C)C.Cc1cc(Oc2ccc(C(C)(C)C)cc2)ccc1F.Cc1ccc(C(C)(C)C)c(F)c1.Cc1ccc(C(C)(C)C)cc1.Cc1ccc(C(C)(C)C)cc1F.Cc1ccc(Oc2ccc(C(C)(C)C)cc2)cc1.Cc1cccc(C(C)(C)C)c1.Cc1cccc(Oc2ccc(C(C)(C)C)cc2)c1. The molecule has 0 atom stereocenters. The number of halogens is 5. The fraction of sp³-hybridized carbons (Fsp3) is 0.386. The quantitative estimate of drug-likeness (QED) is 0.149. The van der Waals surface area contributed by atoms with Gasteiger partial charge >= 0.3 is 0 Å². The van der Waals surface area contributed by atoms with Crippen molar-refractivity contribution in [3.63, 3.8) is 0 Å². The Kier molecular flexibility index (Phi) is 44.6. The third kappa shape index (κ3) is 43.3. The van der Waals surface area contributed by atoms with Gasteiger partial charge in [-0.25, -0.2) is 17.6 Å². The highest BCUT2D eigenvalue weighted by Crippen LogP contribution is 2.36. The average molecular weight is 1910 g/mol. The van der Waals surface area contributed by atoms with Crippen LogP contribution in [0, 0.1) is 78.7 Å². The molecule has 13 aromatic rings. The Bertz CT molecular complexity index is 5680. The van der Waals surface area contributed by atoms with Crippen molar-refractivity contribution in [1.82, 2.24) is 0 Å². The van der Waals surface area contributed by atoms with Crippen LogP contribution in [0.5, 0.6) is 40.2 Å². The second-order valence-corrected chi connectivity index (χ2v) is 46.7.